The summed E-state index contributed by atoms with van der Waals surface area (Å²) in [5.74, 6) is 1.74. The molecule has 0 amide bonds. The molecule has 0 unspecified atom stereocenters. The smallest absolute Gasteiger partial charge is 0.120 e. The molecule has 172 valence electrons. The van der Waals surface area contributed by atoms with Crippen molar-refractivity contribution in [1.82, 2.24) is 9.80 Å². The predicted molar refractivity (Wildman–Crippen MR) is 128 cm³/mol. The summed E-state index contributed by atoms with van der Waals surface area (Å²) in [6.45, 7) is 8.11. The largest absolute Gasteiger partial charge is 0.492 e. The minimum atomic E-state index is -0.579. The average Bonchev–Trinajstić information content (AvgIpc) is 3.11. The van der Waals surface area contributed by atoms with E-state index in [0.29, 0.717) is 13.2 Å². The molecule has 32 heavy (non-hydrogen) atoms. The summed E-state index contributed by atoms with van der Waals surface area (Å²) in [6, 6.07) is 12.1. The Kier molecular flexibility index (Phi) is 6.96. The van der Waals surface area contributed by atoms with Crippen LogP contribution < -0.4 is 9.47 Å². The van der Waals surface area contributed by atoms with E-state index in [9.17, 15) is 5.11 Å². The number of piperidine rings is 2. The molecular weight excluding hydrogens is 400 g/mol. The van der Waals surface area contributed by atoms with Gasteiger partial charge >= 0.3 is 0 Å². The monoisotopic (exact) mass is 436 g/mol. The van der Waals surface area contributed by atoms with Crippen molar-refractivity contribution >= 4 is 0 Å². The maximum Gasteiger partial charge on any atom is 0.120 e. The summed E-state index contributed by atoms with van der Waals surface area (Å²) in [5, 5.41) is 10.8. The molecule has 2 saturated heterocycles. The third-order valence-electron chi connectivity index (χ3n) is 7.18. The summed E-state index contributed by atoms with van der Waals surface area (Å²) < 4.78 is 12.2. The van der Waals surface area contributed by atoms with Crippen LogP contribution in [0.4, 0.5) is 0 Å². The Hall–Kier alpha value is -2.08. The van der Waals surface area contributed by atoms with Crippen molar-refractivity contribution in [2.45, 2.75) is 44.6 Å². The summed E-state index contributed by atoms with van der Waals surface area (Å²) in [7, 11) is 0. The van der Waals surface area contributed by atoms with E-state index >= 15 is 0 Å². The molecule has 2 aromatic carbocycles. The Morgan fingerprint density at radius 3 is 1.53 bits per heavy atom. The van der Waals surface area contributed by atoms with Crippen molar-refractivity contribution in [2.24, 2.45) is 0 Å². The van der Waals surface area contributed by atoms with Crippen LogP contribution in [-0.2, 0) is 0 Å². The lowest BCUT2D eigenvalue weighted by Gasteiger charge is -2.26. The SMILES string of the molecule is OC1c2ccc(OCCN3CCCCC3)cc2-c2cc(OCCN3CCCCC3)ccc21. The molecule has 2 aliphatic heterocycles. The van der Waals surface area contributed by atoms with E-state index in [1.807, 2.05) is 24.3 Å². The number of aliphatic hydroxyl groups excluding tert-OH is 1. The lowest BCUT2D eigenvalue weighted by molar-refractivity contribution is 0.183. The van der Waals surface area contributed by atoms with Crippen LogP contribution in [0.2, 0.25) is 0 Å². The molecule has 0 spiro atoms. The number of likely N-dealkylation sites (tertiary alicyclic amines) is 2. The highest BCUT2D eigenvalue weighted by Crippen LogP contribution is 2.46. The van der Waals surface area contributed by atoms with E-state index in [4.69, 9.17) is 9.47 Å². The number of nitrogens with zero attached hydrogens (tertiary/aromatic N) is 2. The van der Waals surface area contributed by atoms with E-state index in [0.717, 1.165) is 46.8 Å². The van der Waals surface area contributed by atoms with Crippen LogP contribution in [0.15, 0.2) is 36.4 Å². The number of hydrogen-bond acceptors (Lipinski definition) is 5. The molecule has 0 saturated carbocycles. The van der Waals surface area contributed by atoms with Gasteiger partial charge in [0, 0.05) is 13.1 Å². The first kappa shape index (κ1) is 21.7. The lowest BCUT2D eigenvalue weighted by Crippen LogP contribution is -2.33. The van der Waals surface area contributed by atoms with E-state index in [1.54, 1.807) is 0 Å². The van der Waals surface area contributed by atoms with Gasteiger partial charge in [0.2, 0.25) is 0 Å². The molecule has 1 N–H and O–H groups in total. The second kappa shape index (κ2) is 10.2. The van der Waals surface area contributed by atoms with Crippen LogP contribution >= 0.6 is 0 Å². The highest BCUT2D eigenvalue weighted by atomic mass is 16.5. The molecule has 0 atom stereocenters. The molecule has 2 aromatic rings. The van der Waals surface area contributed by atoms with E-state index in [1.165, 1.54) is 64.7 Å². The van der Waals surface area contributed by atoms with Gasteiger partial charge in [0.15, 0.2) is 0 Å². The Bertz CT molecular complexity index is 830. The van der Waals surface area contributed by atoms with Gasteiger partial charge in [-0.15, -0.1) is 0 Å². The molecule has 5 nitrogen and oxygen atoms in total. The molecule has 5 heteroatoms. The Labute approximate surface area is 191 Å². The van der Waals surface area contributed by atoms with Crippen molar-refractivity contribution in [2.75, 3.05) is 52.5 Å². The van der Waals surface area contributed by atoms with Crippen molar-refractivity contribution in [3.8, 4) is 22.6 Å². The second-order valence-electron chi connectivity index (χ2n) is 9.40. The van der Waals surface area contributed by atoms with Gasteiger partial charge in [-0.05, 0) is 98.4 Å². The summed E-state index contributed by atoms with van der Waals surface area (Å²) in [5.41, 5.74) is 4.02. The third-order valence-corrected chi connectivity index (χ3v) is 7.18. The maximum atomic E-state index is 10.8. The Balaban J connectivity index is 1.22. The number of fused-ring (bicyclic) bond motifs is 3. The van der Waals surface area contributed by atoms with Gasteiger partial charge in [-0.25, -0.2) is 0 Å². The van der Waals surface area contributed by atoms with Crippen molar-refractivity contribution in [3.63, 3.8) is 0 Å². The van der Waals surface area contributed by atoms with Crippen LogP contribution in [-0.4, -0.2) is 67.4 Å². The van der Waals surface area contributed by atoms with Crippen LogP contribution in [0.3, 0.4) is 0 Å². The van der Waals surface area contributed by atoms with Gasteiger partial charge in [-0.2, -0.15) is 0 Å². The number of benzene rings is 2. The first-order valence-corrected chi connectivity index (χ1v) is 12.4. The average molecular weight is 437 g/mol. The van der Waals surface area contributed by atoms with Gasteiger partial charge in [0.25, 0.3) is 0 Å². The van der Waals surface area contributed by atoms with E-state index < -0.39 is 6.10 Å². The number of rotatable bonds is 8. The van der Waals surface area contributed by atoms with Crippen LogP contribution in [0.1, 0.15) is 55.8 Å². The Morgan fingerprint density at radius 2 is 1.09 bits per heavy atom. The second-order valence-corrected chi connectivity index (χ2v) is 9.40. The maximum absolute atomic E-state index is 10.8. The van der Waals surface area contributed by atoms with E-state index in [-0.39, 0.29) is 0 Å². The van der Waals surface area contributed by atoms with Gasteiger partial charge < -0.3 is 14.6 Å². The highest BCUT2D eigenvalue weighted by Gasteiger charge is 2.28. The quantitative estimate of drug-likeness (QED) is 0.661. The molecule has 2 heterocycles. The Morgan fingerprint density at radius 1 is 0.656 bits per heavy atom. The standard InChI is InChI=1S/C27H36N2O3/c30-27-23-9-7-21(31-17-15-28-11-3-1-4-12-28)19-25(23)26-20-22(8-10-24(26)27)32-18-16-29-13-5-2-6-14-29/h7-10,19-20,27,30H,1-6,11-18H2. The molecule has 2 fully saturated rings. The zero-order valence-electron chi connectivity index (χ0n) is 19.1. The molecule has 0 bridgehead atoms. The van der Waals surface area contributed by atoms with Crippen molar-refractivity contribution < 1.29 is 14.6 Å². The molecule has 3 aliphatic rings. The zero-order chi connectivity index (χ0) is 21.8. The first-order valence-electron chi connectivity index (χ1n) is 12.4. The van der Waals surface area contributed by atoms with Gasteiger partial charge in [0.1, 0.15) is 30.8 Å². The minimum absolute atomic E-state index is 0.579. The fourth-order valence-corrected chi connectivity index (χ4v) is 5.31. The van der Waals surface area contributed by atoms with Gasteiger partial charge in [-0.1, -0.05) is 25.0 Å². The zero-order valence-corrected chi connectivity index (χ0v) is 19.1. The predicted octanol–water partition coefficient (Wildman–Crippen LogP) is 4.48. The fourth-order valence-electron chi connectivity index (χ4n) is 5.31. The number of aliphatic hydroxyl groups is 1. The number of hydrogen-bond donors (Lipinski definition) is 1. The molecular formula is C27H36N2O3. The van der Waals surface area contributed by atoms with Crippen molar-refractivity contribution in [3.05, 3.63) is 47.5 Å². The molecule has 1 aliphatic carbocycles. The molecule has 0 radical (unpaired) electrons. The summed E-state index contributed by atoms with van der Waals surface area (Å²) in [4.78, 5) is 4.98. The first-order chi connectivity index (χ1) is 15.8. The summed E-state index contributed by atoms with van der Waals surface area (Å²) >= 11 is 0. The van der Waals surface area contributed by atoms with Crippen LogP contribution in [0, 0.1) is 0 Å². The van der Waals surface area contributed by atoms with E-state index in [2.05, 4.69) is 21.9 Å². The van der Waals surface area contributed by atoms with Gasteiger partial charge in [0.05, 0.1) is 0 Å². The van der Waals surface area contributed by atoms with Gasteiger partial charge in [-0.3, -0.25) is 9.80 Å². The number of ether oxygens (including phenoxy) is 2. The van der Waals surface area contributed by atoms with Crippen molar-refractivity contribution in [1.29, 1.82) is 0 Å². The molecule has 5 rings (SSSR count). The fraction of sp³-hybridized carbons (Fsp3) is 0.556. The molecule has 0 aromatic heterocycles. The minimum Gasteiger partial charge on any atom is -0.492 e. The third kappa shape index (κ3) is 4.95. The topological polar surface area (TPSA) is 45.2 Å². The summed E-state index contributed by atoms with van der Waals surface area (Å²) in [6.07, 6.45) is 7.34. The van der Waals surface area contributed by atoms with Crippen LogP contribution in [0.5, 0.6) is 11.5 Å². The normalized spacial score (nSPS) is 19.5. The lowest BCUT2D eigenvalue weighted by atomic mass is 10.1. The van der Waals surface area contributed by atoms with Crippen LogP contribution in [0.25, 0.3) is 11.1 Å². The highest BCUT2D eigenvalue weighted by molar-refractivity contribution is 5.80.